The van der Waals surface area contributed by atoms with E-state index in [-0.39, 0.29) is 13.2 Å². The molecule has 2 rings (SSSR count). The van der Waals surface area contributed by atoms with E-state index in [4.69, 9.17) is 14.0 Å². The van der Waals surface area contributed by atoms with Crippen LogP contribution in [0.25, 0.3) is 0 Å². The lowest BCUT2D eigenvalue weighted by molar-refractivity contribution is 0.0535. The molecule has 0 spiro atoms. The Labute approximate surface area is 129 Å². The van der Waals surface area contributed by atoms with Gasteiger partial charge in [-0.25, -0.2) is 4.79 Å². The average molecular weight is 301 g/mol. The van der Waals surface area contributed by atoms with Crippen LogP contribution in [-0.2, 0) is 11.3 Å². The molecule has 2 aromatic rings. The fourth-order valence-corrected chi connectivity index (χ4v) is 1.89. The number of carbonyl (C=O) groups excluding carboxylic acids is 1. The second-order valence-electron chi connectivity index (χ2n) is 5.12. The van der Waals surface area contributed by atoms with Crippen molar-refractivity contribution in [2.75, 3.05) is 6.61 Å². The minimum absolute atomic E-state index is 0.192. The molecular formula is C17H19NO4. The second-order valence-corrected chi connectivity index (χ2v) is 5.12. The lowest BCUT2D eigenvalue weighted by Crippen LogP contribution is -2.09. The van der Waals surface area contributed by atoms with Crippen molar-refractivity contribution in [3.05, 3.63) is 59.0 Å². The Hall–Kier alpha value is -2.56. The molecule has 0 amide bonds. The molecule has 1 aromatic carbocycles. The third-order valence-electron chi connectivity index (χ3n) is 3.11. The summed E-state index contributed by atoms with van der Waals surface area (Å²) in [5.74, 6) is 0.742. The Balaban J connectivity index is 2.11. The molecule has 0 aliphatic heterocycles. The number of para-hydroxylation sites is 1. The van der Waals surface area contributed by atoms with Gasteiger partial charge in [0, 0.05) is 0 Å². The van der Waals surface area contributed by atoms with Crippen LogP contribution in [-0.4, -0.2) is 17.7 Å². The van der Waals surface area contributed by atoms with Gasteiger partial charge < -0.3 is 14.0 Å². The summed E-state index contributed by atoms with van der Waals surface area (Å²) in [4.78, 5) is 12.1. The quantitative estimate of drug-likeness (QED) is 0.602. The number of ether oxygens (including phenoxy) is 2. The summed E-state index contributed by atoms with van der Waals surface area (Å²) in [5.41, 5.74) is 2.82. The topological polar surface area (TPSA) is 61.6 Å². The molecule has 5 nitrogen and oxygen atoms in total. The molecule has 0 radical (unpaired) electrons. The third kappa shape index (κ3) is 3.75. The van der Waals surface area contributed by atoms with E-state index in [1.165, 1.54) is 0 Å². The highest BCUT2D eigenvalue weighted by molar-refractivity contribution is 5.92. The van der Waals surface area contributed by atoms with E-state index in [0.717, 1.165) is 16.8 Å². The SMILES string of the molecule is C=C(C)COC(=O)c1ccccc1OCc1c(C)noc1C. The van der Waals surface area contributed by atoms with Gasteiger partial charge in [0.1, 0.15) is 30.3 Å². The maximum absolute atomic E-state index is 12.1. The first-order chi connectivity index (χ1) is 10.5. The highest BCUT2D eigenvalue weighted by Crippen LogP contribution is 2.22. The minimum atomic E-state index is -0.433. The number of hydrogen-bond donors (Lipinski definition) is 0. The van der Waals surface area contributed by atoms with Crippen LogP contribution in [0, 0.1) is 13.8 Å². The standard InChI is InChI=1S/C17H19NO4/c1-11(2)9-21-17(19)14-7-5-6-8-16(14)20-10-15-12(3)18-22-13(15)4/h5-8H,1,9-10H2,2-4H3. The minimum Gasteiger partial charge on any atom is -0.488 e. The molecule has 0 atom stereocenters. The van der Waals surface area contributed by atoms with Gasteiger partial charge in [-0.15, -0.1) is 0 Å². The first kappa shape index (κ1) is 15.8. The van der Waals surface area contributed by atoms with Crippen LogP contribution in [0.15, 0.2) is 40.9 Å². The van der Waals surface area contributed by atoms with Crippen LogP contribution in [0.4, 0.5) is 0 Å². The first-order valence-corrected chi connectivity index (χ1v) is 6.94. The van der Waals surface area contributed by atoms with Gasteiger partial charge in [0.25, 0.3) is 0 Å². The highest BCUT2D eigenvalue weighted by Gasteiger charge is 2.15. The molecule has 0 aliphatic rings. The maximum Gasteiger partial charge on any atom is 0.342 e. The van der Waals surface area contributed by atoms with Gasteiger partial charge in [-0.1, -0.05) is 23.9 Å². The lowest BCUT2D eigenvalue weighted by atomic mass is 10.2. The number of rotatable bonds is 6. The van der Waals surface area contributed by atoms with Crippen LogP contribution in [0.1, 0.15) is 34.3 Å². The van der Waals surface area contributed by atoms with E-state index < -0.39 is 5.97 Å². The smallest absolute Gasteiger partial charge is 0.342 e. The maximum atomic E-state index is 12.1. The first-order valence-electron chi connectivity index (χ1n) is 6.94. The predicted molar refractivity (Wildman–Crippen MR) is 81.8 cm³/mol. The van der Waals surface area contributed by atoms with Crippen molar-refractivity contribution in [3.8, 4) is 5.75 Å². The van der Waals surface area contributed by atoms with Crippen LogP contribution in [0.3, 0.4) is 0 Å². The zero-order chi connectivity index (χ0) is 16.1. The Morgan fingerprint density at radius 2 is 2.05 bits per heavy atom. The number of hydrogen-bond acceptors (Lipinski definition) is 5. The van der Waals surface area contributed by atoms with Crippen molar-refractivity contribution in [2.45, 2.75) is 27.4 Å². The largest absolute Gasteiger partial charge is 0.488 e. The van der Waals surface area contributed by atoms with Crippen molar-refractivity contribution in [1.82, 2.24) is 5.16 Å². The molecule has 0 fully saturated rings. The summed E-state index contributed by atoms with van der Waals surface area (Å²) in [5, 5.41) is 3.88. The van der Waals surface area contributed by atoms with Crippen molar-refractivity contribution < 1.29 is 18.8 Å². The third-order valence-corrected chi connectivity index (χ3v) is 3.11. The van der Waals surface area contributed by atoms with Gasteiger partial charge in [-0.3, -0.25) is 0 Å². The van der Waals surface area contributed by atoms with E-state index in [0.29, 0.717) is 17.1 Å². The number of aromatic nitrogens is 1. The summed E-state index contributed by atoms with van der Waals surface area (Å²) in [7, 11) is 0. The highest BCUT2D eigenvalue weighted by atomic mass is 16.5. The monoisotopic (exact) mass is 301 g/mol. The van der Waals surface area contributed by atoms with Gasteiger partial charge in [0.15, 0.2) is 0 Å². The van der Waals surface area contributed by atoms with Crippen molar-refractivity contribution >= 4 is 5.97 Å². The predicted octanol–water partition coefficient (Wildman–Crippen LogP) is 3.60. The van der Waals surface area contributed by atoms with Crippen LogP contribution in [0.5, 0.6) is 5.75 Å². The fraction of sp³-hybridized carbons (Fsp3) is 0.294. The number of benzene rings is 1. The van der Waals surface area contributed by atoms with E-state index in [2.05, 4.69) is 11.7 Å². The van der Waals surface area contributed by atoms with Gasteiger partial charge in [-0.05, 0) is 38.5 Å². The van der Waals surface area contributed by atoms with Crippen molar-refractivity contribution in [3.63, 3.8) is 0 Å². The second kappa shape index (κ2) is 6.93. The van der Waals surface area contributed by atoms with Gasteiger partial charge in [-0.2, -0.15) is 0 Å². The Morgan fingerprint density at radius 3 is 2.68 bits per heavy atom. The Morgan fingerprint density at radius 1 is 1.32 bits per heavy atom. The van der Waals surface area contributed by atoms with E-state index in [1.807, 2.05) is 13.8 Å². The number of nitrogens with zero attached hydrogens (tertiary/aromatic N) is 1. The van der Waals surface area contributed by atoms with E-state index in [9.17, 15) is 4.79 Å². The molecule has 22 heavy (non-hydrogen) atoms. The van der Waals surface area contributed by atoms with Crippen LogP contribution >= 0.6 is 0 Å². The molecule has 0 saturated carbocycles. The van der Waals surface area contributed by atoms with Crippen LogP contribution in [0.2, 0.25) is 0 Å². The van der Waals surface area contributed by atoms with E-state index >= 15 is 0 Å². The zero-order valence-corrected chi connectivity index (χ0v) is 13.0. The van der Waals surface area contributed by atoms with Crippen molar-refractivity contribution in [2.24, 2.45) is 0 Å². The summed E-state index contributed by atoms with van der Waals surface area (Å²) in [6.07, 6.45) is 0. The summed E-state index contributed by atoms with van der Waals surface area (Å²) in [6.45, 7) is 9.66. The van der Waals surface area contributed by atoms with Crippen LogP contribution < -0.4 is 4.74 Å². The normalized spacial score (nSPS) is 10.3. The lowest BCUT2D eigenvalue weighted by Gasteiger charge is -2.11. The molecular weight excluding hydrogens is 282 g/mol. The van der Waals surface area contributed by atoms with Crippen molar-refractivity contribution in [1.29, 1.82) is 0 Å². The molecule has 5 heteroatoms. The average Bonchev–Trinajstić information content (AvgIpc) is 2.82. The molecule has 1 heterocycles. The molecule has 0 aliphatic carbocycles. The zero-order valence-electron chi connectivity index (χ0n) is 13.0. The number of aryl methyl sites for hydroxylation is 2. The molecule has 0 saturated heterocycles. The molecule has 0 N–H and O–H groups in total. The molecule has 0 bridgehead atoms. The van der Waals surface area contributed by atoms with Gasteiger partial charge in [0.05, 0.1) is 11.3 Å². The molecule has 116 valence electrons. The number of esters is 1. The number of carbonyl (C=O) groups is 1. The van der Waals surface area contributed by atoms with Gasteiger partial charge >= 0.3 is 5.97 Å². The molecule has 1 aromatic heterocycles. The summed E-state index contributed by atoms with van der Waals surface area (Å²) in [6, 6.07) is 6.97. The Kier molecular flexibility index (Phi) is 4.99. The summed E-state index contributed by atoms with van der Waals surface area (Å²) >= 11 is 0. The van der Waals surface area contributed by atoms with E-state index in [1.54, 1.807) is 31.2 Å². The molecule has 0 unspecified atom stereocenters. The summed E-state index contributed by atoms with van der Waals surface area (Å²) < 4.78 is 16.0. The fourth-order valence-electron chi connectivity index (χ4n) is 1.89. The Bertz CT molecular complexity index is 668. The van der Waals surface area contributed by atoms with Gasteiger partial charge in [0.2, 0.25) is 0 Å².